The van der Waals surface area contributed by atoms with Crippen molar-refractivity contribution in [1.29, 1.82) is 0 Å². The monoisotopic (exact) mass is 141 g/mol. The van der Waals surface area contributed by atoms with Crippen molar-refractivity contribution in [2.45, 2.75) is 26.7 Å². The predicted octanol–water partition coefficient (Wildman–Crippen LogP) is 2.37. The third-order valence-electron chi connectivity index (χ3n) is 1.42. The summed E-state index contributed by atoms with van der Waals surface area (Å²) in [6, 6.07) is 0. The highest BCUT2D eigenvalue weighted by Crippen LogP contribution is 2.12. The molecule has 0 saturated carbocycles. The van der Waals surface area contributed by atoms with E-state index in [0.717, 1.165) is 24.3 Å². The zero-order valence-corrected chi connectivity index (χ0v) is 6.98. The van der Waals surface area contributed by atoms with E-state index in [1.165, 1.54) is 0 Å². The Balaban J connectivity index is 4.35. The maximum Gasteiger partial charge on any atom is 0.117 e. The van der Waals surface area contributed by atoms with E-state index in [1.807, 2.05) is 13.8 Å². The minimum absolute atomic E-state index is 0.888. The van der Waals surface area contributed by atoms with Gasteiger partial charge in [-0.2, -0.15) is 0 Å². The molecule has 0 bridgehead atoms. The SMILES string of the molecule is C=NC(CC)=C(CC)OC. The first kappa shape index (κ1) is 9.21. The summed E-state index contributed by atoms with van der Waals surface area (Å²) in [6.07, 6.45) is 1.78. The van der Waals surface area contributed by atoms with E-state index in [-0.39, 0.29) is 0 Å². The minimum Gasteiger partial charge on any atom is -0.499 e. The van der Waals surface area contributed by atoms with Gasteiger partial charge in [-0.1, -0.05) is 13.8 Å². The van der Waals surface area contributed by atoms with Gasteiger partial charge in [0.05, 0.1) is 12.8 Å². The van der Waals surface area contributed by atoms with E-state index in [1.54, 1.807) is 7.11 Å². The molecule has 0 N–H and O–H groups in total. The van der Waals surface area contributed by atoms with Gasteiger partial charge in [0, 0.05) is 6.42 Å². The summed E-state index contributed by atoms with van der Waals surface area (Å²) in [7, 11) is 1.67. The standard InChI is InChI=1S/C8H15NO/c1-5-7(9-3)8(6-2)10-4/h3,5-6H2,1-2,4H3. The first-order valence-corrected chi connectivity index (χ1v) is 3.52. The third-order valence-corrected chi connectivity index (χ3v) is 1.42. The molecule has 0 rings (SSSR count). The van der Waals surface area contributed by atoms with Crippen molar-refractivity contribution < 1.29 is 4.74 Å². The Hall–Kier alpha value is -0.790. The fraction of sp³-hybridized carbons (Fsp3) is 0.625. The van der Waals surface area contributed by atoms with Gasteiger partial charge in [0.1, 0.15) is 5.76 Å². The van der Waals surface area contributed by atoms with Crippen molar-refractivity contribution >= 4 is 6.72 Å². The summed E-state index contributed by atoms with van der Waals surface area (Å²) in [4.78, 5) is 3.85. The summed E-state index contributed by atoms with van der Waals surface area (Å²) in [5, 5.41) is 0. The lowest BCUT2D eigenvalue weighted by Crippen LogP contribution is -1.89. The molecule has 0 saturated heterocycles. The lowest BCUT2D eigenvalue weighted by Gasteiger charge is -2.05. The van der Waals surface area contributed by atoms with Crippen LogP contribution in [0.15, 0.2) is 16.4 Å². The molecule has 0 fully saturated rings. The fourth-order valence-corrected chi connectivity index (χ4v) is 0.863. The number of aliphatic imine (C=N–C) groups is 1. The minimum atomic E-state index is 0.888. The van der Waals surface area contributed by atoms with E-state index in [0.29, 0.717) is 0 Å². The van der Waals surface area contributed by atoms with Gasteiger partial charge in [-0.05, 0) is 13.1 Å². The molecule has 0 spiro atoms. The highest BCUT2D eigenvalue weighted by Gasteiger charge is 1.99. The second kappa shape index (κ2) is 5.03. The van der Waals surface area contributed by atoms with Crippen LogP contribution in [0.1, 0.15) is 26.7 Å². The van der Waals surface area contributed by atoms with E-state index in [4.69, 9.17) is 4.74 Å². The van der Waals surface area contributed by atoms with Gasteiger partial charge in [0.2, 0.25) is 0 Å². The van der Waals surface area contributed by atoms with Crippen molar-refractivity contribution in [2.75, 3.05) is 7.11 Å². The highest BCUT2D eigenvalue weighted by molar-refractivity contribution is 5.29. The molecule has 2 nitrogen and oxygen atoms in total. The third kappa shape index (κ3) is 2.21. The molecule has 0 aliphatic rings. The van der Waals surface area contributed by atoms with Crippen LogP contribution >= 0.6 is 0 Å². The van der Waals surface area contributed by atoms with Gasteiger partial charge in [-0.15, -0.1) is 0 Å². The smallest absolute Gasteiger partial charge is 0.117 e. The lowest BCUT2D eigenvalue weighted by molar-refractivity contribution is 0.274. The Kier molecular flexibility index (Phi) is 4.63. The van der Waals surface area contributed by atoms with Gasteiger partial charge >= 0.3 is 0 Å². The number of nitrogens with zero attached hydrogens (tertiary/aromatic N) is 1. The zero-order chi connectivity index (χ0) is 7.98. The molecule has 0 radical (unpaired) electrons. The molecule has 0 aromatic carbocycles. The van der Waals surface area contributed by atoms with Crippen LogP contribution in [0.3, 0.4) is 0 Å². The lowest BCUT2D eigenvalue weighted by atomic mass is 10.2. The van der Waals surface area contributed by atoms with Crippen LogP contribution in [-0.2, 0) is 4.74 Å². The summed E-state index contributed by atoms with van der Waals surface area (Å²) in [5.74, 6) is 0.942. The van der Waals surface area contributed by atoms with Crippen LogP contribution in [0.4, 0.5) is 0 Å². The second-order valence-electron chi connectivity index (χ2n) is 1.94. The topological polar surface area (TPSA) is 21.6 Å². The number of rotatable bonds is 4. The molecule has 0 atom stereocenters. The average molecular weight is 141 g/mol. The summed E-state index contributed by atoms with van der Waals surface area (Å²) in [6.45, 7) is 7.54. The molecule has 0 aromatic rings. The number of hydrogen-bond donors (Lipinski definition) is 0. The van der Waals surface area contributed by atoms with Gasteiger partial charge in [-0.25, -0.2) is 0 Å². The van der Waals surface area contributed by atoms with Crippen molar-refractivity contribution in [3.05, 3.63) is 11.5 Å². The van der Waals surface area contributed by atoms with Gasteiger partial charge in [0.25, 0.3) is 0 Å². The Bertz CT molecular complexity index is 132. The first-order valence-electron chi connectivity index (χ1n) is 3.52. The van der Waals surface area contributed by atoms with Gasteiger partial charge in [0.15, 0.2) is 0 Å². The van der Waals surface area contributed by atoms with Gasteiger partial charge < -0.3 is 4.74 Å². The zero-order valence-electron chi connectivity index (χ0n) is 6.98. The maximum atomic E-state index is 5.09. The van der Waals surface area contributed by atoms with Crippen LogP contribution in [0, 0.1) is 0 Å². The number of allylic oxidation sites excluding steroid dienone is 2. The normalized spacial score (nSPS) is 12.3. The van der Waals surface area contributed by atoms with Crippen LogP contribution in [0.25, 0.3) is 0 Å². The number of hydrogen-bond acceptors (Lipinski definition) is 2. The van der Waals surface area contributed by atoms with Gasteiger partial charge in [-0.3, -0.25) is 4.99 Å². The largest absolute Gasteiger partial charge is 0.499 e. The Morgan fingerprint density at radius 1 is 1.40 bits per heavy atom. The molecular weight excluding hydrogens is 126 g/mol. The maximum absolute atomic E-state index is 5.09. The molecule has 10 heavy (non-hydrogen) atoms. The van der Waals surface area contributed by atoms with Crippen molar-refractivity contribution in [3.8, 4) is 0 Å². The quantitative estimate of drug-likeness (QED) is 0.435. The molecule has 0 aromatic heterocycles. The number of methoxy groups -OCH3 is 1. The van der Waals surface area contributed by atoms with Crippen LogP contribution in [0.5, 0.6) is 0 Å². The molecule has 58 valence electrons. The molecule has 0 unspecified atom stereocenters. The van der Waals surface area contributed by atoms with Crippen molar-refractivity contribution in [3.63, 3.8) is 0 Å². The van der Waals surface area contributed by atoms with E-state index >= 15 is 0 Å². The highest BCUT2D eigenvalue weighted by atomic mass is 16.5. The van der Waals surface area contributed by atoms with Crippen LogP contribution < -0.4 is 0 Å². The molecule has 2 heteroatoms. The van der Waals surface area contributed by atoms with E-state index < -0.39 is 0 Å². The molecular formula is C8H15NO. The fourth-order valence-electron chi connectivity index (χ4n) is 0.863. The van der Waals surface area contributed by atoms with Crippen molar-refractivity contribution in [2.24, 2.45) is 4.99 Å². The molecule has 0 aliphatic heterocycles. The second-order valence-corrected chi connectivity index (χ2v) is 1.94. The van der Waals surface area contributed by atoms with E-state index in [2.05, 4.69) is 11.7 Å². The summed E-state index contributed by atoms with van der Waals surface area (Å²) in [5.41, 5.74) is 0.963. The predicted molar refractivity (Wildman–Crippen MR) is 44.2 cm³/mol. The molecule has 0 aliphatic carbocycles. The van der Waals surface area contributed by atoms with Crippen LogP contribution in [0.2, 0.25) is 0 Å². The molecule has 0 amide bonds. The molecule has 0 heterocycles. The average Bonchev–Trinajstić information content (AvgIpc) is 2.00. The Morgan fingerprint density at radius 2 is 2.00 bits per heavy atom. The Morgan fingerprint density at radius 3 is 2.10 bits per heavy atom. The first-order chi connectivity index (χ1) is 4.79. The van der Waals surface area contributed by atoms with Crippen molar-refractivity contribution in [1.82, 2.24) is 0 Å². The van der Waals surface area contributed by atoms with E-state index in [9.17, 15) is 0 Å². The Labute approximate surface area is 62.6 Å². The summed E-state index contributed by atoms with van der Waals surface area (Å²) >= 11 is 0. The number of ether oxygens (including phenoxy) is 1. The van der Waals surface area contributed by atoms with Crippen LogP contribution in [-0.4, -0.2) is 13.8 Å². The summed E-state index contributed by atoms with van der Waals surface area (Å²) < 4.78 is 5.09.